The van der Waals surface area contributed by atoms with Gasteiger partial charge in [-0.3, -0.25) is 0 Å². The van der Waals surface area contributed by atoms with E-state index < -0.39 is 11.9 Å². The lowest BCUT2D eigenvalue weighted by Gasteiger charge is -2.28. The first kappa shape index (κ1) is 17.7. The minimum Gasteiger partial charge on any atom is -0.392 e. The van der Waals surface area contributed by atoms with E-state index in [4.69, 9.17) is 0 Å². The Hall–Kier alpha value is -1.34. The number of hydrogen-bond acceptors (Lipinski definition) is 3. The van der Waals surface area contributed by atoms with Gasteiger partial charge in [-0.15, -0.1) is 0 Å². The summed E-state index contributed by atoms with van der Waals surface area (Å²) in [5.41, 5.74) is 0.523. The predicted octanol–water partition coefficient (Wildman–Crippen LogP) is 3.62. The van der Waals surface area contributed by atoms with Crippen molar-refractivity contribution in [2.75, 3.05) is 11.9 Å². The number of carbonyl (C=O) groups is 1. The molecule has 0 spiro atoms. The lowest BCUT2D eigenvalue weighted by atomic mass is 10.3. The van der Waals surface area contributed by atoms with Gasteiger partial charge in [0.05, 0.1) is 6.10 Å². The van der Waals surface area contributed by atoms with Crippen LogP contribution in [0.2, 0.25) is 0 Å². The number of hydrogen-bond donors (Lipinski definition) is 2. The molecule has 0 fully saturated rings. The van der Waals surface area contributed by atoms with Crippen LogP contribution in [-0.4, -0.2) is 40.5 Å². The fraction of sp³-hybridized carbons (Fsp3) is 0.500. The zero-order valence-corrected chi connectivity index (χ0v) is 13.0. The van der Waals surface area contributed by atoms with Crippen LogP contribution in [0.15, 0.2) is 29.2 Å². The van der Waals surface area contributed by atoms with Gasteiger partial charge in [-0.05, 0) is 45.0 Å². The maximum Gasteiger partial charge on any atom is 0.322 e. The Morgan fingerprint density at radius 2 is 1.86 bits per heavy atom. The molecule has 21 heavy (non-hydrogen) atoms. The number of thioether (sulfide) groups is 1. The third kappa shape index (κ3) is 6.31. The number of amides is 2. The zero-order chi connectivity index (χ0) is 16.0. The molecule has 1 aromatic rings. The summed E-state index contributed by atoms with van der Waals surface area (Å²) < 4.78 is 24.4. The van der Waals surface area contributed by atoms with Crippen molar-refractivity contribution in [3.05, 3.63) is 24.3 Å². The van der Waals surface area contributed by atoms with E-state index in [0.29, 0.717) is 22.3 Å². The summed E-state index contributed by atoms with van der Waals surface area (Å²) in [4.78, 5) is 14.1. The summed E-state index contributed by atoms with van der Waals surface area (Å²) in [6.45, 7) is 5.54. The molecule has 1 rings (SSSR count). The molecule has 1 aromatic carbocycles. The maximum atomic E-state index is 12.2. The van der Waals surface area contributed by atoms with Crippen LogP contribution in [0, 0.1) is 0 Å². The van der Waals surface area contributed by atoms with Crippen molar-refractivity contribution in [3.8, 4) is 0 Å². The van der Waals surface area contributed by atoms with Gasteiger partial charge >= 0.3 is 6.03 Å². The van der Waals surface area contributed by atoms with Gasteiger partial charge < -0.3 is 15.3 Å². The Balaban J connectivity index is 2.68. The SMILES string of the molecule is CC(O)CN(C(=O)Nc1ccc(SC(F)F)cc1)C(C)C. The van der Waals surface area contributed by atoms with E-state index in [0.717, 1.165) is 0 Å². The molecule has 0 saturated heterocycles. The van der Waals surface area contributed by atoms with Crippen molar-refractivity contribution in [2.24, 2.45) is 0 Å². The minimum absolute atomic E-state index is 0.0618. The van der Waals surface area contributed by atoms with E-state index >= 15 is 0 Å². The molecule has 2 amide bonds. The Bertz CT molecular complexity index is 453. The van der Waals surface area contributed by atoms with Gasteiger partial charge in [0.25, 0.3) is 5.76 Å². The van der Waals surface area contributed by atoms with Crippen molar-refractivity contribution in [2.45, 2.75) is 43.6 Å². The van der Waals surface area contributed by atoms with Crippen LogP contribution in [-0.2, 0) is 0 Å². The van der Waals surface area contributed by atoms with Crippen LogP contribution in [0.3, 0.4) is 0 Å². The molecule has 0 saturated carbocycles. The quantitative estimate of drug-likeness (QED) is 0.788. The monoisotopic (exact) mass is 318 g/mol. The van der Waals surface area contributed by atoms with E-state index in [2.05, 4.69) is 5.32 Å². The first-order chi connectivity index (χ1) is 9.79. The van der Waals surface area contributed by atoms with Crippen LogP contribution in [0.5, 0.6) is 0 Å². The number of nitrogens with one attached hydrogen (secondary N) is 1. The second-order valence-electron chi connectivity index (χ2n) is 4.93. The van der Waals surface area contributed by atoms with Crippen LogP contribution < -0.4 is 5.32 Å². The number of aliphatic hydroxyl groups is 1. The summed E-state index contributed by atoms with van der Waals surface area (Å²) in [5.74, 6) is -2.46. The number of rotatable bonds is 6. The number of benzene rings is 1. The molecule has 0 aliphatic carbocycles. The molecule has 0 heterocycles. The Morgan fingerprint density at radius 3 is 2.29 bits per heavy atom. The number of urea groups is 1. The van der Waals surface area contributed by atoms with Crippen LogP contribution in [0.4, 0.5) is 19.3 Å². The van der Waals surface area contributed by atoms with E-state index in [9.17, 15) is 18.7 Å². The largest absolute Gasteiger partial charge is 0.392 e. The Morgan fingerprint density at radius 1 is 1.29 bits per heavy atom. The van der Waals surface area contributed by atoms with Gasteiger partial charge in [0.15, 0.2) is 0 Å². The Kier molecular flexibility index (Phi) is 6.91. The summed E-state index contributed by atoms with van der Waals surface area (Å²) in [7, 11) is 0. The number of halogens is 2. The number of carbonyl (C=O) groups excluding carboxylic acids is 1. The number of anilines is 1. The number of aliphatic hydroxyl groups excluding tert-OH is 1. The van der Waals surface area contributed by atoms with Crippen molar-refractivity contribution in [1.82, 2.24) is 4.90 Å². The van der Waals surface area contributed by atoms with Gasteiger partial charge in [0, 0.05) is 23.2 Å². The summed E-state index contributed by atoms with van der Waals surface area (Å²) in [5, 5.41) is 12.1. The normalized spacial score (nSPS) is 12.6. The van der Waals surface area contributed by atoms with E-state index in [1.165, 1.54) is 17.0 Å². The van der Waals surface area contributed by atoms with Crippen LogP contribution in [0.1, 0.15) is 20.8 Å². The predicted molar refractivity (Wildman–Crippen MR) is 80.8 cm³/mol. The molecule has 0 radical (unpaired) electrons. The standard InChI is InChI=1S/C14H20F2N2O2S/c1-9(2)18(8-10(3)19)14(20)17-11-4-6-12(7-5-11)21-13(15)16/h4-7,9-10,13,19H,8H2,1-3H3,(H,17,20). The molecule has 118 valence electrons. The molecular formula is C14H20F2N2O2S. The fourth-order valence-corrected chi connectivity index (χ4v) is 2.23. The maximum absolute atomic E-state index is 12.2. The second-order valence-corrected chi connectivity index (χ2v) is 5.99. The summed E-state index contributed by atoms with van der Waals surface area (Å²) in [6, 6.07) is 5.81. The topological polar surface area (TPSA) is 52.6 Å². The van der Waals surface area contributed by atoms with Gasteiger partial charge in [0.2, 0.25) is 0 Å². The summed E-state index contributed by atoms with van der Waals surface area (Å²) >= 11 is 0.456. The number of alkyl halides is 2. The highest BCUT2D eigenvalue weighted by molar-refractivity contribution is 7.99. The fourth-order valence-electron chi connectivity index (χ4n) is 1.73. The molecule has 4 nitrogen and oxygen atoms in total. The molecule has 1 unspecified atom stereocenters. The summed E-state index contributed by atoms with van der Waals surface area (Å²) in [6.07, 6.45) is -0.622. The molecule has 0 aliphatic rings. The average molecular weight is 318 g/mol. The molecule has 0 aromatic heterocycles. The smallest absolute Gasteiger partial charge is 0.322 e. The van der Waals surface area contributed by atoms with Gasteiger partial charge in [-0.2, -0.15) is 8.78 Å². The number of nitrogens with zero attached hydrogens (tertiary/aromatic N) is 1. The first-order valence-electron chi connectivity index (χ1n) is 6.60. The lowest BCUT2D eigenvalue weighted by molar-refractivity contribution is 0.125. The van der Waals surface area contributed by atoms with Gasteiger partial charge in [0.1, 0.15) is 0 Å². The average Bonchev–Trinajstić information content (AvgIpc) is 2.37. The highest BCUT2D eigenvalue weighted by Crippen LogP contribution is 2.26. The second kappa shape index (κ2) is 8.19. The van der Waals surface area contributed by atoms with Gasteiger partial charge in [-0.25, -0.2) is 4.79 Å². The van der Waals surface area contributed by atoms with Crippen molar-refractivity contribution in [3.63, 3.8) is 0 Å². The molecular weight excluding hydrogens is 298 g/mol. The van der Waals surface area contributed by atoms with Crippen LogP contribution >= 0.6 is 11.8 Å². The van der Waals surface area contributed by atoms with Crippen molar-refractivity contribution < 1.29 is 18.7 Å². The first-order valence-corrected chi connectivity index (χ1v) is 7.48. The third-order valence-electron chi connectivity index (χ3n) is 2.68. The van der Waals surface area contributed by atoms with Crippen LogP contribution in [0.25, 0.3) is 0 Å². The molecule has 7 heteroatoms. The molecule has 1 atom stereocenters. The molecule has 2 N–H and O–H groups in total. The van der Waals surface area contributed by atoms with Gasteiger partial charge in [-0.1, -0.05) is 11.8 Å². The van der Waals surface area contributed by atoms with Crippen molar-refractivity contribution >= 4 is 23.5 Å². The lowest BCUT2D eigenvalue weighted by Crippen LogP contribution is -2.43. The van der Waals surface area contributed by atoms with Crippen molar-refractivity contribution in [1.29, 1.82) is 0 Å². The third-order valence-corrected chi connectivity index (χ3v) is 3.40. The Labute approximate surface area is 127 Å². The minimum atomic E-state index is -2.46. The van der Waals surface area contributed by atoms with E-state index in [-0.39, 0.29) is 18.6 Å². The highest BCUT2D eigenvalue weighted by atomic mass is 32.2. The van der Waals surface area contributed by atoms with E-state index in [1.807, 2.05) is 13.8 Å². The zero-order valence-electron chi connectivity index (χ0n) is 12.2. The van der Waals surface area contributed by atoms with E-state index in [1.54, 1.807) is 19.1 Å². The highest BCUT2D eigenvalue weighted by Gasteiger charge is 2.18. The molecule has 0 bridgehead atoms. The molecule has 0 aliphatic heterocycles.